The number of fused-ring (bicyclic) bond motifs is 1. The predicted molar refractivity (Wildman–Crippen MR) is 85.1 cm³/mol. The van der Waals surface area contributed by atoms with Gasteiger partial charge in [0, 0.05) is 41.3 Å². The highest BCUT2D eigenvalue weighted by Gasteiger charge is 2.13. The fraction of sp³-hybridized carbons (Fsp3) is 0. The van der Waals surface area contributed by atoms with Crippen LogP contribution in [0.15, 0.2) is 43.0 Å². The SMILES string of the molecule is Cl.Nc1c(-c2ncc[nH]2)[nH]c2cc(-c3ncc[nH]3)ccc12. The molecule has 5 N–H and O–H groups in total. The van der Waals surface area contributed by atoms with Crippen molar-refractivity contribution in [1.82, 2.24) is 24.9 Å². The van der Waals surface area contributed by atoms with Crippen LogP contribution < -0.4 is 5.73 Å². The zero-order chi connectivity index (χ0) is 13.5. The van der Waals surface area contributed by atoms with E-state index in [2.05, 4.69) is 24.9 Å². The molecule has 0 aliphatic carbocycles. The zero-order valence-electron chi connectivity index (χ0n) is 10.9. The van der Waals surface area contributed by atoms with Crippen LogP contribution in [0.1, 0.15) is 0 Å². The summed E-state index contributed by atoms with van der Waals surface area (Å²) in [6.45, 7) is 0. The number of imidazole rings is 2. The Hall–Kier alpha value is -2.73. The Morgan fingerprint density at radius 3 is 2.33 bits per heavy atom. The van der Waals surface area contributed by atoms with Crippen LogP contribution >= 0.6 is 12.4 Å². The Kier molecular flexibility index (Phi) is 3.15. The number of aromatic amines is 3. The number of hydrogen-bond donors (Lipinski definition) is 4. The fourth-order valence-corrected chi connectivity index (χ4v) is 2.38. The third kappa shape index (κ3) is 2.05. The van der Waals surface area contributed by atoms with Crippen molar-refractivity contribution in [2.75, 3.05) is 5.73 Å². The van der Waals surface area contributed by atoms with Gasteiger partial charge in [-0.25, -0.2) is 9.97 Å². The molecule has 0 radical (unpaired) electrons. The lowest BCUT2D eigenvalue weighted by Crippen LogP contribution is -1.88. The number of hydrogen-bond acceptors (Lipinski definition) is 3. The molecule has 0 bridgehead atoms. The van der Waals surface area contributed by atoms with E-state index < -0.39 is 0 Å². The number of H-pyrrole nitrogens is 3. The van der Waals surface area contributed by atoms with Crippen LogP contribution in [0, 0.1) is 0 Å². The number of anilines is 1. The van der Waals surface area contributed by atoms with Crippen LogP contribution in [-0.4, -0.2) is 24.9 Å². The monoisotopic (exact) mass is 300 g/mol. The van der Waals surface area contributed by atoms with E-state index >= 15 is 0 Å². The van der Waals surface area contributed by atoms with Crippen LogP contribution in [0.4, 0.5) is 5.69 Å². The highest BCUT2D eigenvalue weighted by atomic mass is 35.5. The smallest absolute Gasteiger partial charge is 0.155 e. The molecule has 1 aromatic carbocycles. The molecule has 0 atom stereocenters. The van der Waals surface area contributed by atoms with Gasteiger partial charge < -0.3 is 20.7 Å². The molecule has 0 aliphatic heterocycles. The average molecular weight is 301 g/mol. The van der Waals surface area contributed by atoms with Crippen molar-refractivity contribution in [2.45, 2.75) is 0 Å². The highest BCUT2D eigenvalue weighted by Crippen LogP contribution is 2.32. The van der Waals surface area contributed by atoms with Gasteiger partial charge in [-0.1, -0.05) is 12.1 Å². The molecule has 0 aliphatic rings. The van der Waals surface area contributed by atoms with E-state index in [0.717, 1.165) is 33.8 Å². The molecular formula is C14H13ClN6. The topological polar surface area (TPSA) is 99.2 Å². The minimum atomic E-state index is 0. The largest absolute Gasteiger partial charge is 0.396 e. The summed E-state index contributed by atoms with van der Waals surface area (Å²) >= 11 is 0. The van der Waals surface area contributed by atoms with Gasteiger partial charge in [-0.3, -0.25) is 0 Å². The number of nitrogens with zero attached hydrogens (tertiary/aromatic N) is 2. The number of benzene rings is 1. The number of nitrogens with two attached hydrogens (primary N) is 1. The molecule has 4 rings (SSSR count). The van der Waals surface area contributed by atoms with Crippen molar-refractivity contribution >= 4 is 29.0 Å². The van der Waals surface area contributed by atoms with Crippen LogP contribution in [-0.2, 0) is 0 Å². The molecule has 4 aromatic rings. The maximum Gasteiger partial charge on any atom is 0.155 e. The summed E-state index contributed by atoms with van der Waals surface area (Å²) < 4.78 is 0. The normalized spacial score (nSPS) is 10.7. The quantitative estimate of drug-likeness (QED) is 0.458. The maximum absolute atomic E-state index is 6.18. The van der Waals surface area contributed by atoms with Crippen molar-refractivity contribution in [2.24, 2.45) is 0 Å². The second-order valence-corrected chi connectivity index (χ2v) is 4.55. The van der Waals surface area contributed by atoms with E-state index in [1.165, 1.54) is 0 Å². The molecule has 0 saturated heterocycles. The third-order valence-corrected chi connectivity index (χ3v) is 3.35. The van der Waals surface area contributed by atoms with Gasteiger partial charge in [0.1, 0.15) is 11.5 Å². The van der Waals surface area contributed by atoms with Crippen LogP contribution in [0.2, 0.25) is 0 Å². The zero-order valence-corrected chi connectivity index (χ0v) is 11.7. The summed E-state index contributed by atoms with van der Waals surface area (Å²) in [4.78, 5) is 17.9. The van der Waals surface area contributed by atoms with Crippen molar-refractivity contribution < 1.29 is 0 Å². The van der Waals surface area contributed by atoms with Gasteiger partial charge >= 0.3 is 0 Å². The van der Waals surface area contributed by atoms with Gasteiger partial charge in [-0.15, -0.1) is 12.4 Å². The standard InChI is InChI=1S/C14H12N6.ClH/c15-11-9-2-1-8(13-16-3-4-17-13)7-10(9)20-12(11)14-18-5-6-19-14;/h1-7,20H,15H2,(H,16,17)(H,18,19);1H. The van der Waals surface area contributed by atoms with Crippen LogP contribution in [0.5, 0.6) is 0 Å². The molecule has 0 saturated carbocycles. The summed E-state index contributed by atoms with van der Waals surface area (Å²) in [5.74, 6) is 1.57. The number of nitrogen functional groups attached to an aromatic ring is 1. The Labute approximate surface area is 126 Å². The molecule has 6 nitrogen and oxygen atoms in total. The first-order valence-electron chi connectivity index (χ1n) is 6.23. The molecule has 3 aromatic heterocycles. The number of halogens is 1. The minimum absolute atomic E-state index is 0. The van der Waals surface area contributed by atoms with E-state index in [9.17, 15) is 0 Å². The van der Waals surface area contributed by atoms with Gasteiger partial charge in [-0.05, 0) is 6.07 Å². The first kappa shape index (κ1) is 13.3. The van der Waals surface area contributed by atoms with E-state index in [1.54, 1.807) is 24.8 Å². The van der Waals surface area contributed by atoms with Crippen LogP contribution in [0.25, 0.3) is 33.8 Å². The first-order chi connectivity index (χ1) is 9.83. The van der Waals surface area contributed by atoms with Crippen LogP contribution in [0.3, 0.4) is 0 Å². The van der Waals surface area contributed by atoms with E-state index in [1.807, 2.05) is 18.2 Å². The van der Waals surface area contributed by atoms with E-state index in [-0.39, 0.29) is 12.4 Å². The fourth-order valence-electron chi connectivity index (χ4n) is 2.38. The third-order valence-electron chi connectivity index (χ3n) is 3.35. The van der Waals surface area contributed by atoms with E-state index in [0.29, 0.717) is 5.69 Å². The average Bonchev–Trinajstić information content (AvgIpc) is 3.19. The molecule has 21 heavy (non-hydrogen) atoms. The molecule has 0 amide bonds. The van der Waals surface area contributed by atoms with Gasteiger partial charge in [-0.2, -0.15) is 0 Å². The Morgan fingerprint density at radius 1 is 0.952 bits per heavy atom. The summed E-state index contributed by atoms with van der Waals surface area (Å²) in [5, 5.41) is 0.978. The summed E-state index contributed by atoms with van der Waals surface area (Å²) in [7, 11) is 0. The molecule has 106 valence electrons. The Morgan fingerprint density at radius 2 is 1.67 bits per heavy atom. The van der Waals surface area contributed by atoms with Gasteiger partial charge in [0.2, 0.25) is 0 Å². The van der Waals surface area contributed by atoms with Crippen molar-refractivity contribution in [3.8, 4) is 22.9 Å². The van der Waals surface area contributed by atoms with Crippen molar-refractivity contribution in [3.63, 3.8) is 0 Å². The highest BCUT2D eigenvalue weighted by molar-refractivity contribution is 6.00. The lowest BCUT2D eigenvalue weighted by atomic mass is 10.1. The molecule has 0 unspecified atom stereocenters. The molecule has 3 heterocycles. The first-order valence-corrected chi connectivity index (χ1v) is 6.23. The lowest BCUT2D eigenvalue weighted by molar-refractivity contribution is 1.27. The number of nitrogens with one attached hydrogen (secondary N) is 3. The molecular weight excluding hydrogens is 288 g/mol. The molecule has 0 spiro atoms. The Bertz CT molecular complexity index is 861. The molecule has 0 fully saturated rings. The predicted octanol–water partition coefficient (Wildman–Crippen LogP) is 2.95. The number of aromatic nitrogens is 5. The summed E-state index contributed by atoms with van der Waals surface area (Å²) in [6, 6.07) is 6.01. The lowest BCUT2D eigenvalue weighted by Gasteiger charge is -1.97. The van der Waals surface area contributed by atoms with E-state index in [4.69, 9.17) is 5.73 Å². The summed E-state index contributed by atoms with van der Waals surface area (Å²) in [5.41, 5.74) is 9.66. The van der Waals surface area contributed by atoms with Gasteiger partial charge in [0.15, 0.2) is 5.82 Å². The maximum atomic E-state index is 6.18. The minimum Gasteiger partial charge on any atom is -0.396 e. The summed E-state index contributed by atoms with van der Waals surface area (Å²) in [6.07, 6.45) is 7.01. The van der Waals surface area contributed by atoms with Gasteiger partial charge in [0.05, 0.1) is 5.69 Å². The Balaban J connectivity index is 0.00000132. The second kappa shape index (κ2) is 4.99. The molecule has 7 heteroatoms. The second-order valence-electron chi connectivity index (χ2n) is 4.55. The number of rotatable bonds is 2. The van der Waals surface area contributed by atoms with Gasteiger partial charge in [0.25, 0.3) is 0 Å². The van der Waals surface area contributed by atoms with Crippen molar-refractivity contribution in [3.05, 3.63) is 43.0 Å². The van der Waals surface area contributed by atoms with Crippen molar-refractivity contribution in [1.29, 1.82) is 0 Å².